The molecule has 1 aromatic heterocycles. The highest BCUT2D eigenvalue weighted by atomic mass is 16.5. The van der Waals surface area contributed by atoms with E-state index < -0.39 is 0 Å². The number of ether oxygens (including phenoxy) is 1. The lowest BCUT2D eigenvalue weighted by atomic mass is 10.2. The molecule has 0 radical (unpaired) electrons. The third kappa shape index (κ3) is 3.48. The lowest BCUT2D eigenvalue weighted by molar-refractivity contribution is 0.399. The summed E-state index contributed by atoms with van der Waals surface area (Å²) in [5.41, 5.74) is 6.56. The van der Waals surface area contributed by atoms with Crippen molar-refractivity contribution in [1.29, 1.82) is 0 Å². The van der Waals surface area contributed by atoms with Crippen LogP contribution in [0.4, 0.5) is 11.5 Å². The van der Waals surface area contributed by atoms with Crippen molar-refractivity contribution in [3.8, 4) is 5.88 Å². The van der Waals surface area contributed by atoms with E-state index in [0.717, 1.165) is 18.8 Å². The molecule has 0 unspecified atom stereocenters. The maximum atomic E-state index is 6.05. The molecule has 0 amide bonds. The predicted octanol–water partition coefficient (Wildman–Crippen LogP) is 2.47. The largest absolute Gasteiger partial charge is 0.479 e. The molecule has 0 saturated heterocycles. The Morgan fingerprint density at radius 1 is 1.33 bits per heavy atom. The number of unbranched alkanes of at least 4 members (excludes halogenated alkanes) is 2. The van der Waals surface area contributed by atoms with Crippen molar-refractivity contribution in [2.45, 2.75) is 46.1 Å². The van der Waals surface area contributed by atoms with E-state index in [1.807, 2.05) is 0 Å². The van der Waals surface area contributed by atoms with E-state index in [1.54, 1.807) is 7.11 Å². The number of methoxy groups -OCH3 is 1. The van der Waals surface area contributed by atoms with Gasteiger partial charge in [-0.3, -0.25) is 0 Å². The van der Waals surface area contributed by atoms with Gasteiger partial charge in [-0.25, -0.2) is 4.98 Å². The van der Waals surface area contributed by atoms with Crippen LogP contribution in [0.2, 0.25) is 0 Å². The van der Waals surface area contributed by atoms with Crippen LogP contribution in [0.3, 0.4) is 0 Å². The van der Waals surface area contributed by atoms with Crippen LogP contribution in [0, 0.1) is 0 Å². The second-order valence-corrected chi connectivity index (χ2v) is 4.61. The zero-order valence-corrected chi connectivity index (χ0v) is 11.8. The van der Waals surface area contributed by atoms with Gasteiger partial charge >= 0.3 is 0 Å². The standard InChI is InChI=1S/C13H24N4O/c1-5-6-7-8-17(10(2)3)12-11(14)13(18-4)16-9-15-12/h9-10H,5-8,14H2,1-4H3. The zero-order valence-electron chi connectivity index (χ0n) is 11.8. The first-order valence-corrected chi connectivity index (χ1v) is 6.52. The Labute approximate surface area is 109 Å². The van der Waals surface area contributed by atoms with Gasteiger partial charge in [0.2, 0.25) is 5.88 Å². The summed E-state index contributed by atoms with van der Waals surface area (Å²) in [5.74, 6) is 1.22. The summed E-state index contributed by atoms with van der Waals surface area (Å²) >= 11 is 0. The van der Waals surface area contributed by atoms with E-state index in [9.17, 15) is 0 Å². The quantitative estimate of drug-likeness (QED) is 0.755. The minimum Gasteiger partial charge on any atom is -0.479 e. The van der Waals surface area contributed by atoms with Crippen LogP contribution in [-0.2, 0) is 0 Å². The van der Waals surface area contributed by atoms with Gasteiger partial charge in [0.1, 0.15) is 12.0 Å². The molecule has 0 aliphatic carbocycles. The van der Waals surface area contributed by atoms with E-state index in [1.165, 1.54) is 19.2 Å². The molecule has 5 heteroatoms. The highest BCUT2D eigenvalue weighted by Crippen LogP contribution is 2.28. The summed E-state index contributed by atoms with van der Waals surface area (Å²) < 4.78 is 5.14. The number of nitrogen functional groups attached to an aromatic ring is 1. The Hall–Kier alpha value is -1.52. The fraction of sp³-hybridized carbons (Fsp3) is 0.692. The van der Waals surface area contributed by atoms with Crippen LogP contribution in [0.15, 0.2) is 6.33 Å². The Balaban J connectivity index is 2.91. The summed E-state index contributed by atoms with van der Waals surface area (Å²) in [6.07, 6.45) is 5.06. The molecule has 0 bridgehead atoms. The molecule has 0 spiro atoms. The Kier molecular flexibility index (Phi) is 5.68. The second kappa shape index (κ2) is 7.03. The molecular formula is C13H24N4O. The van der Waals surface area contributed by atoms with Crippen LogP contribution in [0.5, 0.6) is 5.88 Å². The van der Waals surface area contributed by atoms with Gasteiger partial charge in [0, 0.05) is 12.6 Å². The molecule has 102 valence electrons. The Bertz CT molecular complexity index is 368. The summed E-state index contributed by atoms with van der Waals surface area (Å²) in [4.78, 5) is 10.5. The minimum absolute atomic E-state index is 0.351. The number of aromatic nitrogens is 2. The van der Waals surface area contributed by atoms with E-state index in [2.05, 4.69) is 35.6 Å². The smallest absolute Gasteiger partial charge is 0.242 e. The number of nitrogens with zero attached hydrogens (tertiary/aromatic N) is 3. The number of rotatable bonds is 7. The van der Waals surface area contributed by atoms with E-state index in [0.29, 0.717) is 17.6 Å². The number of anilines is 2. The lowest BCUT2D eigenvalue weighted by Crippen LogP contribution is -2.33. The average Bonchev–Trinajstić information content (AvgIpc) is 2.35. The van der Waals surface area contributed by atoms with Crippen LogP contribution in [0.1, 0.15) is 40.0 Å². The van der Waals surface area contributed by atoms with Gasteiger partial charge in [-0.2, -0.15) is 4.98 Å². The highest BCUT2D eigenvalue weighted by Gasteiger charge is 2.17. The van der Waals surface area contributed by atoms with Crippen molar-refractivity contribution in [2.24, 2.45) is 0 Å². The molecule has 18 heavy (non-hydrogen) atoms. The van der Waals surface area contributed by atoms with Crippen molar-refractivity contribution < 1.29 is 4.74 Å². The first-order chi connectivity index (χ1) is 8.61. The summed E-state index contributed by atoms with van der Waals surface area (Å²) in [6, 6.07) is 0.351. The molecule has 0 aliphatic rings. The van der Waals surface area contributed by atoms with Crippen LogP contribution in [0.25, 0.3) is 0 Å². The van der Waals surface area contributed by atoms with E-state index in [-0.39, 0.29) is 0 Å². The monoisotopic (exact) mass is 252 g/mol. The maximum absolute atomic E-state index is 6.05. The molecule has 5 nitrogen and oxygen atoms in total. The molecule has 1 aromatic rings. The zero-order chi connectivity index (χ0) is 13.5. The van der Waals surface area contributed by atoms with Gasteiger partial charge in [0.25, 0.3) is 0 Å². The Morgan fingerprint density at radius 3 is 2.61 bits per heavy atom. The average molecular weight is 252 g/mol. The molecule has 2 N–H and O–H groups in total. The summed E-state index contributed by atoms with van der Waals surface area (Å²) in [5, 5.41) is 0. The molecular weight excluding hydrogens is 228 g/mol. The fourth-order valence-electron chi connectivity index (χ4n) is 1.90. The van der Waals surface area contributed by atoms with Crippen LogP contribution in [-0.4, -0.2) is 29.7 Å². The maximum Gasteiger partial charge on any atom is 0.242 e. The number of nitrogens with two attached hydrogens (primary N) is 1. The molecule has 1 heterocycles. The first-order valence-electron chi connectivity index (χ1n) is 6.52. The number of hydrogen-bond acceptors (Lipinski definition) is 5. The van der Waals surface area contributed by atoms with Gasteiger partial charge in [-0.15, -0.1) is 0 Å². The van der Waals surface area contributed by atoms with Crippen molar-refractivity contribution in [2.75, 3.05) is 24.3 Å². The third-order valence-electron chi connectivity index (χ3n) is 2.92. The molecule has 0 fully saturated rings. The molecule has 0 saturated carbocycles. The normalized spacial score (nSPS) is 10.7. The summed E-state index contributed by atoms with van der Waals surface area (Å²) in [6.45, 7) is 7.43. The van der Waals surface area contributed by atoms with Gasteiger partial charge in [0.05, 0.1) is 7.11 Å². The topological polar surface area (TPSA) is 64.3 Å². The highest BCUT2D eigenvalue weighted by molar-refractivity contribution is 5.68. The predicted molar refractivity (Wildman–Crippen MR) is 75.0 cm³/mol. The molecule has 1 rings (SSSR count). The third-order valence-corrected chi connectivity index (χ3v) is 2.92. The van der Waals surface area contributed by atoms with Gasteiger partial charge in [-0.1, -0.05) is 19.8 Å². The van der Waals surface area contributed by atoms with Gasteiger partial charge in [0.15, 0.2) is 5.82 Å². The lowest BCUT2D eigenvalue weighted by Gasteiger charge is -2.29. The van der Waals surface area contributed by atoms with Crippen molar-refractivity contribution in [3.63, 3.8) is 0 Å². The first kappa shape index (κ1) is 14.5. The van der Waals surface area contributed by atoms with Gasteiger partial charge < -0.3 is 15.4 Å². The SMILES string of the molecule is CCCCCN(c1ncnc(OC)c1N)C(C)C. The Morgan fingerprint density at radius 2 is 2.06 bits per heavy atom. The summed E-state index contributed by atoms with van der Waals surface area (Å²) in [7, 11) is 1.57. The van der Waals surface area contributed by atoms with Crippen molar-refractivity contribution in [3.05, 3.63) is 6.33 Å². The van der Waals surface area contributed by atoms with Crippen LogP contribution < -0.4 is 15.4 Å². The van der Waals surface area contributed by atoms with E-state index >= 15 is 0 Å². The molecule has 0 aromatic carbocycles. The van der Waals surface area contributed by atoms with Gasteiger partial charge in [-0.05, 0) is 20.3 Å². The van der Waals surface area contributed by atoms with Crippen molar-refractivity contribution in [1.82, 2.24) is 9.97 Å². The number of hydrogen-bond donors (Lipinski definition) is 1. The fourth-order valence-corrected chi connectivity index (χ4v) is 1.90. The minimum atomic E-state index is 0.351. The molecule has 0 atom stereocenters. The van der Waals surface area contributed by atoms with E-state index in [4.69, 9.17) is 10.5 Å². The molecule has 0 aliphatic heterocycles. The second-order valence-electron chi connectivity index (χ2n) is 4.61. The van der Waals surface area contributed by atoms with Crippen molar-refractivity contribution >= 4 is 11.5 Å². The van der Waals surface area contributed by atoms with Crippen LogP contribution >= 0.6 is 0 Å².